The summed E-state index contributed by atoms with van der Waals surface area (Å²) in [5.74, 6) is -0.496. The second-order valence-corrected chi connectivity index (χ2v) is 13.3. The molecule has 0 radical (unpaired) electrons. The lowest BCUT2D eigenvalue weighted by atomic mass is 10.1. The first-order valence-electron chi connectivity index (χ1n) is 10.5. The van der Waals surface area contributed by atoms with Crippen molar-refractivity contribution in [3.8, 4) is 0 Å². The molecule has 2 aromatic rings. The molecule has 162 valence electrons. The Morgan fingerprint density at radius 2 is 1.53 bits per heavy atom. The van der Waals surface area contributed by atoms with E-state index < -0.39 is 32.6 Å². The number of ether oxygens (including phenoxy) is 2. The Bertz CT molecular complexity index is 792. The van der Waals surface area contributed by atoms with E-state index in [9.17, 15) is 9.90 Å². The summed E-state index contributed by atoms with van der Waals surface area (Å²) in [5, 5.41) is 12.6. The van der Waals surface area contributed by atoms with Crippen LogP contribution in [-0.2, 0) is 18.7 Å². The lowest BCUT2D eigenvalue weighted by Crippen LogP contribution is -2.69. The highest BCUT2D eigenvalue weighted by Crippen LogP contribution is 2.39. The van der Waals surface area contributed by atoms with Crippen molar-refractivity contribution in [3.63, 3.8) is 0 Å². The van der Waals surface area contributed by atoms with Crippen molar-refractivity contribution in [1.82, 2.24) is 0 Å². The maximum atomic E-state index is 12.7. The topological polar surface area (TPSA) is 65.0 Å². The molecule has 0 amide bonds. The van der Waals surface area contributed by atoms with Crippen LogP contribution in [0, 0.1) is 0 Å². The Hall–Kier alpha value is -1.99. The molecule has 0 aliphatic carbocycles. The van der Waals surface area contributed by atoms with Crippen LogP contribution >= 0.6 is 0 Å². The molecule has 0 unspecified atom stereocenters. The minimum atomic E-state index is -2.93. The quantitative estimate of drug-likeness (QED) is 0.566. The highest BCUT2D eigenvalue weighted by Gasteiger charge is 2.55. The summed E-state index contributed by atoms with van der Waals surface area (Å²) in [6.07, 6.45) is -2.93. The van der Waals surface area contributed by atoms with Crippen LogP contribution in [0.3, 0.4) is 0 Å². The normalized spacial score (nSPS) is 22.3. The first-order valence-corrected chi connectivity index (χ1v) is 12.4. The van der Waals surface area contributed by atoms with Gasteiger partial charge in [0, 0.05) is 0 Å². The molecule has 1 heterocycles. The number of esters is 1. The number of carbonyl (C=O) groups excluding carboxylic acids is 1. The van der Waals surface area contributed by atoms with Crippen LogP contribution in [0.5, 0.6) is 0 Å². The molecule has 6 heteroatoms. The summed E-state index contributed by atoms with van der Waals surface area (Å²) in [7, 11) is -2.93. The summed E-state index contributed by atoms with van der Waals surface area (Å²) in [6, 6.07) is 20.3. The van der Waals surface area contributed by atoms with Gasteiger partial charge in [-0.1, -0.05) is 81.4 Å². The molecule has 30 heavy (non-hydrogen) atoms. The molecular formula is C24H32O5Si. The largest absolute Gasteiger partial charge is 0.461 e. The predicted molar refractivity (Wildman–Crippen MR) is 119 cm³/mol. The fourth-order valence-electron chi connectivity index (χ4n) is 4.13. The van der Waals surface area contributed by atoms with E-state index in [0.717, 1.165) is 10.4 Å². The molecule has 1 aliphatic rings. The number of aliphatic hydroxyl groups is 1. The van der Waals surface area contributed by atoms with Gasteiger partial charge in [0.15, 0.2) is 6.10 Å². The number of benzene rings is 2. The zero-order chi connectivity index (χ0) is 21.9. The standard InChI is InChI=1S/C24H32O5Si/c1-17(2)28-23(26)22-21(20(25)16-27-22)29-30(24(3,4)5,18-12-8-6-9-13-18)19-14-10-7-11-15-19/h6-15,17,20-22,25H,16H2,1-5H3/t20-,21-,22-/m0/s1. The van der Waals surface area contributed by atoms with Crippen LogP contribution in [0.4, 0.5) is 0 Å². The van der Waals surface area contributed by atoms with E-state index in [1.54, 1.807) is 13.8 Å². The molecule has 3 atom stereocenters. The average Bonchev–Trinajstić information content (AvgIpc) is 3.06. The summed E-state index contributed by atoms with van der Waals surface area (Å²) >= 11 is 0. The van der Waals surface area contributed by atoms with Crippen molar-refractivity contribution in [2.75, 3.05) is 6.61 Å². The molecule has 2 aromatic carbocycles. The van der Waals surface area contributed by atoms with E-state index in [4.69, 9.17) is 13.9 Å². The summed E-state index contributed by atoms with van der Waals surface area (Å²) in [4.78, 5) is 12.7. The summed E-state index contributed by atoms with van der Waals surface area (Å²) < 4.78 is 18.0. The molecule has 0 saturated carbocycles. The maximum Gasteiger partial charge on any atom is 0.338 e. The Balaban J connectivity index is 2.12. The van der Waals surface area contributed by atoms with Gasteiger partial charge in [0.05, 0.1) is 12.7 Å². The molecule has 1 aliphatic heterocycles. The monoisotopic (exact) mass is 428 g/mol. The van der Waals surface area contributed by atoms with E-state index in [2.05, 4.69) is 45.0 Å². The van der Waals surface area contributed by atoms with Crippen molar-refractivity contribution in [2.24, 2.45) is 0 Å². The minimum absolute atomic E-state index is 0.0424. The lowest BCUT2D eigenvalue weighted by Gasteiger charge is -2.45. The van der Waals surface area contributed by atoms with Crippen molar-refractivity contribution in [1.29, 1.82) is 0 Å². The Morgan fingerprint density at radius 1 is 1.03 bits per heavy atom. The summed E-state index contributed by atoms with van der Waals surface area (Å²) in [5.41, 5.74) is 0. The van der Waals surface area contributed by atoms with Gasteiger partial charge in [-0.05, 0) is 29.3 Å². The zero-order valence-corrected chi connectivity index (χ0v) is 19.4. The molecule has 0 bridgehead atoms. The number of carbonyl (C=O) groups is 1. The number of hydrogen-bond acceptors (Lipinski definition) is 5. The first kappa shape index (κ1) is 22.7. The van der Waals surface area contributed by atoms with Gasteiger partial charge in [-0.25, -0.2) is 4.79 Å². The van der Waals surface area contributed by atoms with Crippen molar-refractivity contribution in [2.45, 2.75) is 64.1 Å². The molecule has 3 rings (SSSR count). The summed E-state index contributed by atoms with van der Waals surface area (Å²) in [6.45, 7) is 10.1. The van der Waals surface area contributed by atoms with Crippen LogP contribution in [0.15, 0.2) is 60.7 Å². The van der Waals surface area contributed by atoms with Crippen LogP contribution in [0.2, 0.25) is 5.04 Å². The van der Waals surface area contributed by atoms with Gasteiger partial charge in [-0.3, -0.25) is 0 Å². The number of rotatable bonds is 6. The van der Waals surface area contributed by atoms with Gasteiger partial charge >= 0.3 is 5.97 Å². The van der Waals surface area contributed by atoms with Crippen LogP contribution in [0.25, 0.3) is 0 Å². The SMILES string of the molecule is CC(C)OC(=O)[C@H]1OC[C@H](O)[C@@H]1O[Si](c1ccccc1)(c1ccccc1)C(C)(C)C. The van der Waals surface area contributed by atoms with Crippen LogP contribution < -0.4 is 10.4 Å². The van der Waals surface area contributed by atoms with Crippen molar-refractivity contribution in [3.05, 3.63) is 60.7 Å². The molecule has 5 nitrogen and oxygen atoms in total. The van der Waals surface area contributed by atoms with Crippen LogP contribution in [0.1, 0.15) is 34.6 Å². The fraction of sp³-hybridized carbons (Fsp3) is 0.458. The zero-order valence-electron chi connectivity index (χ0n) is 18.4. The lowest BCUT2D eigenvalue weighted by molar-refractivity contribution is -0.161. The Morgan fingerprint density at radius 3 is 1.97 bits per heavy atom. The highest BCUT2D eigenvalue weighted by atomic mass is 28.4. The third kappa shape index (κ3) is 4.37. The maximum absolute atomic E-state index is 12.7. The minimum Gasteiger partial charge on any atom is -0.461 e. The van der Waals surface area contributed by atoms with Gasteiger partial charge in [0.2, 0.25) is 0 Å². The van der Waals surface area contributed by atoms with Crippen LogP contribution in [-0.4, -0.2) is 50.4 Å². The van der Waals surface area contributed by atoms with E-state index in [1.165, 1.54) is 0 Å². The Kier molecular flexibility index (Phi) is 6.82. The van der Waals surface area contributed by atoms with Gasteiger partial charge < -0.3 is 19.0 Å². The second kappa shape index (κ2) is 9.02. The van der Waals surface area contributed by atoms with E-state index in [-0.39, 0.29) is 17.7 Å². The van der Waals surface area contributed by atoms with Crippen molar-refractivity contribution < 1.29 is 23.8 Å². The molecule has 1 N–H and O–H groups in total. The van der Waals surface area contributed by atoms with Gasteiger partial charge in [-0.15, -0.1) is 0 Å². The smallest absolute Gasteiger partial charge is 0.338 e. The third-order valence-corrected chi connectivity index (χ3v) is 10.5. The number of aliphatic hydroxyl groups excluding tert-OH is 1. The van der Waals surface area contributed by atoms with E-state index >= 15 is 0 Å². The first-order chi connectivity index (χ1) is 14.2. The predicted octanol–water partition coefficient (Wildman–Crippen LogP) is 2.64. The second-order valence-electron chi connectivity index (χ2n) is 9.05. The molecule has 1 fully saturated rings. The van der Waals surface area contributed by atoms with Gasteiger partial charge in [-0.2, -0.15) is 0 Å². The number of hydrogen-bond donors (Lipinski definition) is 1. The molecule has 1 saturated heterocycles. The highest BCUT2D eigenvalue weighted by molar-refractivity contribution is 6.99. The Labute approximate surface area is 180 Å². The molecule has 0 aromatic heterocycles. The van der Waals surface area contributed by atoms with Crippen molar-refractivity contribution >= 4 is 24.7 Å². The average molecular weight is 429 g/mol. The van der Waals surface area contributed by atoms with Gasteiger partial charge in [0.1, 0.15) is 12.2 Å². The fourth-order valence-corrected chi connectivity index (χ4v) is 8.83. The van der Waals surface area contributed by atoms with E-state index in [1.807, 2.05) is 36.4 Å². The molecular weight excluding hydrogens is 396 g/mol. The van der Waals surface area contributed by atoms with E-state index in [0.29, 0.717) is 0 Å². The molecule has 0 spiro atoms. The van der Waals surface area contributed by atoms with Gasteiger partial charge in [0.25, 0.3) is 8.32 Å². The third-order valence-electron chi connectivity index (χ3n) is 5.44.